The van der Waals surface area contributed by atoms with Gasteiger partial charge in [-0.1, -0.05) is 5.11 Å². The van der Waals surface area contributed by atoms with E-state index in [1.807, 2.05) is 0 Å². The molecule has 0 saturated carbocycles. The van der Waals surface area contributed by atoms with Crippen molar-refractivity contribution in [1.82, 2.24) is 19.5 Å². The molecule has 11 heteroatoms. The molecule has 1 fully saturated rings. The van der Waals surface area contributed by atoms with Gasteiger partial charge in [0.05, 0.1) is 12.9 Å². The molecule has 0 amide bonds. The van der Waals surface area contributed by atoms with Crippen LogP contribution in [0.15, 0.2) is 21.0 Å². The predicted octanol–water partition coefficient (Wildman–Crippen LogP) is -0.279. The molecule has 0 radical (unpaired) electrons. The highest BCUT2D eigenvalue weighted by Gasteiger charge is 2.40. The van der Waals surface area contributed by atoms with Gasteiger partial charge in [-0.05, 0) is 18.4 Å². The lowest BCUT2D eigenvalue weighted by atomic mass is 10.1. The number of nitrogens with zero attached hydrogens (tertiary/aromatic N) is 5. The first kappa shape index (κ1) is 13.4. The number of hydrogen-bond acceptors (Lipinski definition) is 6. The number of azide groups is 1. The van der Waals surface area contributed by atoms with Gasteiger partial charge in [-0.2, -0.15) is 0 Å². The summed E-state index contributed by atoms with van der Waals surface area (Å²) in [5.74, 6) is 0. The molecule has 3 N–H and O–H groups in total. The zero-order valence-electron chi connectivity index (χ0n) is 10.7. The van der Waals surface area contributed by atoms with Crippen LogP contribution in [0.4, 0.5) is 0 Å². The van der Waals surface area contributed by atoms with Crippen molar-refractivity contribution in [3.8, 4) is 0 Å². The normalized spacial score (nSPS) is 25.1. The standard InChI is InChI=1S/C10H11N7O4/c11-16-15-10(3-18)2-1-5(21-10)17-4-12-6-7(17)13-9(20)14-8(6)19/h4-5,18H,1-3H2,(H2,13,14,19,20)/t5-,10+/m1/s1. The van der Waals surface area contributed by atoms with Crippen LogP contribution < -0.4 is 11.2 Å². The Kier molecular flexibility index (Phi) is 3.01. The van der Waals surface area contributed by atoms with Crippen molar-refractivity contribution in [1.29, 1.82) is 0 Å². The number of imidazole rings is 1. The van der Waals surface area contributed by atoms with Crippen molar-refractivity contribution >= 4 is 11.2 Å². The molecule has 3 heterocycles. The number of H-pyrrole nitrogens is 2. The van der Waals surface area contributed by atoms with E-state index < -0.39 is 29.8 Å². The number of nitrogens with one attached hydrogen (secondary N) is 2. The van der Waals surface area contributed by atoms with Crippen LogP contribution in [0.5, 0.6) is 0 Å². The van der Waals surface area contributed by atoms with Crippen LogP contribution in [-0.2, 0) is 4.74 Å². The minimum atomic E-state index is -1.34. The van der Waals surface area contributed by atoms with Gasteiger partial charge in [0.25, 0.3) is 5.56 Å². The van der Waals surface area contributed by atoms with Gasteiger partial charge in [-0.15, -0.1) is 0 Å². The van der Waals surface area contributed by atoms with E-state index in [-0.39, 0.29) is 11.2 Å². The van der Waals surface area contributed by atoms with Crippen molar-refractivity contribution in [2.75, 3.05) is 6.61 Å². The number of fused-ring (bicyclic) bond motifs is 1. The molecule has 0 bridgehead atoms. The van der Waals surface area contributed by atoms with Gasteiger partial charge >= 0.3 is 5.69 Å². The Morgan fingerprint density at radius 1 is 1.62 bits per heavy atom. The molecule has 11 nitrogen and oxygen atoms in total. The van der Waals surface area contributed by atoms with E-state index in [2.05, 4.69) is 25.0 Å². The molecule has 1 saturated heterocycles. The molecular weight excluding hydrogens is 282 g/mol. The summed E-state index contributed by atoms with van der Waals surface area (Å²) in [4.78, 5) is 34.1. The molecule has 1 aliphatic rings. The highest BCUT2D eigenvalue weighted by atomic mass is 16.6. The minimum absolute atomic E-state index is 0.0727. The summed E-state index contributed by atoms with van der Waals surface area (Å²) < 4.78 is 7.06. The van der Waals surface area contributed by atoms with Gasteiger partial charge in [0.15, 0.2) is 11.2 Å². The summed E-state index contributed by atoms with van der Waals surface area (Å²) in [7, 11) is 0. The number of aromatic nitrogens is 4. The van der Waals surface area contributed by atoms with Gasteiger partial charge in [0.1, 0.15) is 11.9 Å². The Morgan fingerprint density at radius 3 is 3.14 bits per heavy atom. The summed E-state index contributed by atoms with van der Waals surface area (Å²) in [6.07, 6.45) is 1.49. The predicted molar refractivity (Wildman–Crippen MR) is 69.3 cm³/mol. The number of aromatic amines is 2. The van der Waals surface area contributed by atoms with E-state index in [1.165, 1.54) is 10.9 Å². The Bertz CT molecular complexity index is 845. The van der Waals surface area contributed by atoms with Gasteiger partial charge < -0.3 is 9.84 Å². The van der Waals surface area contributed by atoms with Crippen molar-refractivity contribution in [2.24, 2.45) is 5.11 Å². The number of rotatable bonds is 3. The third-order valence-corrected chi connectivity index (χ3v) is 3.39. The second-order valence-corrected chi connectivity index (χ2v) is 4.66. The van der Waals surface area contributed by atoms with Crippen molar-refractivity contribution in [3.05, 3.63) is 37.6 Å². The van der Waals surface area contributed by atoms with E-state index in [4.69, 9.17) is 10.3 Å². The number of aliphatic hydroxyl groups excluding tert-OH is 1. The second-order valence-electron chi connectivity index (χ2n) is 4.66. The lowest BCUT2D eigenvalue weighted by Crippen LogP contribution is -2.30. The maximum absolute atomic E-state index is 11.6. The van der Waals surface area contributed by atoms with E-state index >= 15 is 0 Å². The summed E-state index contributed by atoms with van der Waals surface area (Å²) in [6.45, 7) is -0.461. The molecule has 2 atom stereocenters. The Labute approximate surface area is 115 Å². The SMILES string of the molecule is [N-]=[N+]=N[C@@]1(CO)CC[C@H](n2cnc3c(=O)[nH]c(=O)[nH]c32)O1. The van der Waals surface area contributed by atoms with Crippen molar-refractivity contribution in [3.63, 3.8) is 0 Å². The summed E-state index contributed by atoms with van der Waals surface area (Å²) in [5, 5.41) is 12.8. The lowest BCUT2D eigenvalue weighted by molar-refractivity contribution is -0.0925. The molecule has 21 heavy (non-hydrogen) atoms. The summed E-state index contributed by atoms with van der Waals surface area (Å²) >= 11 is 0. The Hall–Kier alpha value is -2.62. The quantitative estimate of drug-likeness (QED) is 0.402. The third kappa shape index (κ3) is 2.09. The monoisotopic (exact) mass is 293 g/mol. The lowest BCUT2D eigenvalue weighted by Gasteiger charge is -2.21. The van der Waals surface area contributed by atoms with Gasteiger partial charge in [-0.25, -0.2) is 9.78 Å². The molecule has 2 aromatic rings. The second kappa shape index (κ2) is 4.74. The number of ether oxygens (including phenoxy) is 1. The summed E-state index contributed by atoms with van der Waals surface area (Å²) in [5.41, 5.74) is 6.23. The first-order chi connectivity index (χ1) is 10.1. The van der Waals surface area contributed by atoms with Crippen LogP contribution in [0.25, 0.3) is 21.6 Å². The maximum Gasteiger partial charge on any atom is 0.327 e. The molecule has 0 unspecified atom stereocenters. The van der Waals surface area contributed by atoms with Crippen LogP contribution in [0.3, 0.4) is 0 Å². The molecule has 110 valence electrons. The molecule has 2 aromatic heterocycles. The minimum Gasteiger partial charge on any atom is -0.393 e. The molecule has 1 aliphatic heterocycles. The van der Waals surface area contributed by atoms with Gasteiger partial charge in [-0.3, -0.25) is 19.3 Å². The fourth-order valence-electron chi connectivity index (χ4n) is 2.39. The van der Waals surface area contributed by atoms with E-state index in [9.17, 15) is 14.7 Å². The maximum atomic E-state index is 11.6. The van der Waals surface area contributed by atoms with Crippen LogP contribution in [0.2, 0.25) is 0 Å². The zero-order chi connectivity index (χ0) is 15.0. The number of hydrogen-bond donors (Lipinski definition) is 3. The molecule has 0 aromatic carbocycles. The van der Waals surface area contributed by atoms with Gasteiger partial charge in [0, 0.05) is 4.91 Å². The molecular formula is C10H11N7O4. The smallest absolute Gasteiger partial charge is 0.327 e. The average Bonchev–Trinajstić information content (AvgIpc) is 3.04. The summed E-state index contributed by atoms with van der Waals surface area (Å²) in [6, 6.07) is 0. The zero-order valence-corrected chi connectivity index (χ0v) is 10.7. The molecule has 3 rings (SSSR count). The van der Waals surface area contributed by atoms with Crippen LogP contribution in [0.1, 0.15) is 19.1 Å². The van der Waals surface area contributed by atoms with Gasteiger partial charge in [0.2, 0.25) is 0 Å². The topological polar surface area (TPSA) is 162 Å². The van der Waals surface area contributed by atoms with Crippen LogP contribution in [-0.4, -0.2) is 37.0 Å². The Balaban J connectivity index is 2.05. The van der Waals surface area contributed by atoms with E-state index in [1.54, 1.807) is 0 Å². The fraction of sp³-hybridized carbons (Fsp3) is 0.500. The first-order valence-electron chi connectivity index (χ1n) is 6.13. The number of aliphatic hydroxyl groups is 1. The largest absolute Gasteiger partial charge is 0.393 e. The average molecular weight is 293 g/mol. The van der Waals surface area contributed by atoms with E-state index in [0.717, 1.165) is 0 Å². The highest BCUT2D eigenvalue weighted by molar-refractivity contribution is 5.68. The highest BCUT2D eigenvalue weighted by Crippen LogP contribution is 2.38. The third-order valence-electron chi connectivity index (χ3n) is 3.39. The van der Waals surface area contributed by atoms with Crippen LogP contribution in [0, 0.1) is 0 Å². The first-order valence-corrected chi connectivity index (χ1v) is 6.13. The van der Waals surface area contributed by atoms with E-state index in [0.29, 0.717) is 12.8 Å². The fourth-order valence-corrected chi connectivity index (χ4v) is 2.39. The Morgan fingerprint density at radius 2 is 2.43 bits per heavy atom. The van der Waals surface area contributed by atoms with Crippen molar-refractivity contribution in [2.45, 2.75) is 24.8 Å². The molecule has 0 aliphatic carbocycles. The van der Waals surface area contributed by atoms with Crippen molar-refractivity contribution < 1.29 is 9.84 Å². The van der Waals surface area contributed by atoms with Crippen LogP contribution >= 0.6 is 0 Å². The molecule has 0 spiro atoms.